The van der Waals surface area contributed by atoms with Crippen molar-refractivity contribution in [1.82, 2.24) is 10.2 Å². The van der Waals surface area contributed by atoms with Crippen LogP contribution in [0.4, 0.5) is 4.79 Å². The molecule has 0 spiro atoms. The van der Waals surface area contributed by atoms with Crippen molar-refractivity contribution < 1.29 is 19.8 Å². The lowest BCUT2D eigenvalue weighted by Crippen LogP contribution is -2.53. The van der Waals surface area contributed by atoms with Crippen LogP contribution in [0.1, 0.15) is 33.6 Å². The normalized spacial score (nSPS) is 24.3. The monoisotopic (exact) mass is 272 g/mol. The number of aliphatic hydroxyl groups is 1. The van der Waals surface area contributed by atoms with E-state index in [2.05, 4.69) is 5.32 Å². The van der Waals surface area contributed by atoms with Gasteiger partial charge in [0.2, 0.25) is 0 Å². The second kappa shape index (κ2) is 5.77. The molecule has 0 aromatic rings. The Hall–Kier alpha value is -1.30. The molecule has 110 valence electrons. The fraction of sp³-hybridized carbons (Fsp3) is 0.846. The molecule has 1 aliphatic carbocycles. The molecule has 1 atom stereocenters. The van der Waals surface area contributed by atoms with Gasteiger partial charge in [0.25, 0.3) is 0 Å². The Balaban J connectivity index is 2.50. The lowest BCUT2D eigenvalue weighted by atomic mass is 9.82. The standard InChI is InChI=1S/C13H24N2O4/c1-13(2,3)10(11(17)18)14-12(19)15(4)7-8-5-9(16)6-8/h8-10,16H,5-7H2,1-4H3,(H,14,19)(H,17,18)/t8?,9?,10-/m0/s1. The van der Waals surface area contributed by atoms with Crippen LogP contribution >= 0.6 is 0 Å². The number of carboxylic acid groups (broad SMARTS) is 1. The molecule has 6 nitrogen and oxygen atoms in total. The van der Waals surface area contributed by atoms with Gasteiger partial charge in [0.15, 0.2) is 0 Å². The molecule has 2 amide bonds. The average molecular weight is 272 g/mol. The van der Waals surface area contributed by atoms with Gasteiger partial charge >= 0.3 is 12.0 Å². The predicted molar refractivity (Wildman–Crippen MR) is 70.8 cm³/mol. The van der Waals surface area contributed by atoms with E-state index < -0.39 is 17.4 Å². The Morgan fingerprint density at radius 2 is 1.89 bits per heavy atom. The molecule has 19 heavy (non-hydrogen) atoms. The fourth-order valence-corrected chi connectivity index (χ4v) is 2.20. The molecule has 0 unspecified atom stereocenters. The zero-order chi connectivity index (χ0) is 14.8. The van der Waals surface area contributed by atoms with Crippen molar-refractivity contribution in [2.24, 2.45) is 11.3 Å². The summed E-state index contributed by atoms with van der Waals surface area (Å²) in [5, 5.41) is 20.9. The number of nitrogens with zero attached hydrogens (tertiary/aromatic N) is 1. The highest BCUT2D eigenvalue weighted by Crippen LogP contribution is 2.27. The highest BCUT2D eigenvalue weighted by molar-refractivity contribution is 5.83. The van der Waals surface area contributed by atoms with Crippen molar-refractivity contribution in [3.63, 3.8) is 0 Å². The Morgan fingerprint density at radius 1 is 1.37 bits per heavy atom. The van der Waals surface area contributed by atoms with Crippen LogP contribution in [0.15, 0.2) is 0 Å². The highest BCUT2D eigenvalue weighted by atomic mass is 16.4. The number of aliphatic carboxylic acids is 1. The molecule has 1 saturated carbocycles. The van der Waals surface area contributed by atoms with E-state index in [4.69, 9.17) is 5.11 Å². The molecule has 0 saturated heterocycles. The Bertz CT molecular complexity index is 345. The second-order valence-corrected chi connectivity index (χ2v) is 6.46. The van der Waals surface area contributed by atoms with Crippen LogP contribution in [-0.2, 0) is 4.79 Å². The number of rotatable bonds is 4. The minimum atomic E-state index is -1.03. The van der Waals surface area contributed by atoms with E-state index in [1.165, 1.54) is 4.90 Å². The number of hydrogen-bond donors (Lipinski definition) is 3. The number of carbonyl (C=O) groups is 2. The van der Waals surface area contributed by atoms with Crippen molar-refractivity contribution in [2.45, 2.75) is 45.8 Å². The van der Waals surface area contributed by atoms with Crippen LogP contribution in [0.5, 0.6) is 0 Å². The third-order valence-electron chi connectivity index (χ3n) is 3.47. The van der Waals surface area contributed by atoms with E-state index >= 15 is 0 Å². The SMILES string of the molecule is CN(CC1CC(O)C1)C(=O)N[C@@H](C(=O)O)C(C)(C)C. The number of hydrogen-bond acceptors (Lipinski definition) is 3. The largest absolute Gasteiger partial charge is 0.480 e. The number of nitrogens with one attached hydrogen (secondary N) is 1. The molecule has 1 rings (SSSR count). The zero-order valence-corrected chi connectivity index (χ0v) is 12.0. The maximum Gasteiger partial charge on any atom is 0.326 e. The van der Waals surface area contributed by atoms with Crippen LogP contribution in [0.25, 0.3) is 0 Å². The van der Waals surface area contributed by atoms with Crippen molar-refractivity contribution in [3.8, 4) is 0 Å². The smallest absolute Gasteiger partial charge is 0.326 e. The van der Waals surface area contributed by atoms with E-state index in [1.807, 2.05) is 0 Å². The Kier molecular flexibility index (Phi) is 4.79. The topological polar surface area (TPSA) is 89.9 Å². The van der Waals surface area contributed by atoms with Gasteiger partial charge in [0, 0.05) is 13.6 Å². The van der Waals surface area contributed by atoms with Crippen LogP contribution in [0.3, 0.4) is 0 Å². The highest BCUT2D eigenvalue weighted by Gasteiger charge is 2.34. The van der Waals surface area contributed by atoms with Gasteiger partial charge in [-0.2, -0.15) is 0 Å². The zero-order valence-electron chi connectivity index (χ0n) is 12.0. The molecule has 0 radical (unpaired) electrons. The van der Waals surface area contributed by atoms with Gasteiger partial charge in [0.05, 0.1) is 6.10 Å². The van der Waals surface area contributed by atoms with E-state index in [0.29, 0.717) is 25.3 Å². The van der Waals surface area contributed by atoms with Crippen LogP contribution in [0.2, 0.25) is 0 Å². The number of carbonyl (C=O) groups excluding carboxylic acids is 1. The molecule has 0 aliphatic heterocycles. The summed E-state index contributed by atoms with van der Waals surface area (Å²) in [6.45, 7) is 5.86. The third kappa shape index (κ3) is 4.38. The molecule has 0 heterocycles. The van der Waals surface area contributed by atoms with Crippen molar-refractivity contribution >= 4 is 12.0 Å². The molecular weight excluding hydrogens is 248 g/mol. The molecule has 1 aliphatic rings. The van der Waals surface area contributed by atoms with Crippen molar-refractivity contribution in [3.05, 3.63) is 0 Å². The minimum Gasteiger partial charge on any atom is -0.480 e. The maximum atomic E-state index is 12.0. The molecule has 6 heteroatoms. The average Bonchev–Trinajstić information content (AvgIpc) is 2.20. The van der Waals surface area contributed by atoms with E-state index in [9.17, 15) is 14.7 Å². The first-order valence-corrected chi connectivity index (χ1v) is 6.53. The first-order valence-electron chi connectivity index (χ1n) is 6.53. The summed E-state index contributed by atoms with van der Waals surface area (Å²) in [6.07, 6.45) is 1.17. The first kappa shape index (κ1) is 15.8. The quantitative estimate of drug-likeness (QED) is 0.709. The third-order valence-corrected chi connectivity index (χ3v) is 3.47. The molecule has 3 N–H and O–H groups in total. The summed E-state index contributed by atoms with van der Waals surface area (Å²) < 4.78 is 0. The van der Waals surface area contributed by atoms with Gasteiger partial charge in [-0.15, -0.1) is 0 Å². The summed E-state index contributed by atoms with van der Waals surface area (Å²) in [5.41, 5.74) is -0.547. The lowest BCUT2D eigenvalue weighted by Gasteiger charge is -2.35. The van der Waals surface area contributed by atoms with Gasteiger partial charge in [-0.3, -0.25) is 0 Å². The summed E-state index contributed by atoms with van der Waals surface area (Å²) in [5.74, 6) is -0.725. The predicted octanol–water partition coefficient (Wildman–Crippen LogP) is 0.898. The van der Waals surface area contributed by atoms with Crippen LogP contribution < -0.4 is 5.32 Å². The van der Waals surface area contributed by atoms with Crippen LogP contribution in [-0.4, -0.2) is 52.9 Å². The maximum absolute atomic E-state index is 12.0. The van der Waals surface area contributed by atoms with Gasteiger partial charge in [-0.1, -0.05) is 20.8 Å². The lowest BCUT2D eigenvalue weighted by molar-refractivity contribution is -0.142. The molecular formula is C13H24N2O4. The van der Waals surface area contributed by atoms with Gasteiger partial charge in [0.1, 0.15) is 6.04 Å². The van der Waals surface area contributed by atoms with E-state index in [-0.39, 0.29) is 12.1 Å². The Morgan fingerprint density at radius 3 is 2.26 bits per heavy atom. The van der Waals surface area contributed by atoms with Gasteiger partial charge < -0.3 is 20.4 Å². The van der Waals surface area contributed by atoms with Gasteiger partial charge in [-0.05, 0) is 24.2 Å². The summed E-state index contributed by atoms with van der Waals surface area (Å²) in [7, 11) is 1.64. The number of amides is 2. The Labute approximate surface area is 113 Å². The molecule has 0 aromatic carbocycles. The molecule has 0 bridgehead atoms. The minimum absolute atomic E-state index is 0.247. The second-order valence-electron chi connectivity index (χ2n) is 6.46. The molecule has 0 aromatic heterocycles. The molecule has 1 fully saturated rings. The number of urea groups is 1. The van der Waals surface area contributed by atoms with Crippen molar-refractivity contribution in [2.75, 3.05) is 13.6 Å². The number of carboxylic acids is 1. The summed E-state index contributed by atoms with van der Waals surface area (Å²) in [4.78, 5) is 24.6. The van der Waals surface area contributed by atoms with E-state index in [1.54, 1.807) is 27.8 Å². The van der Waals surface area contributed by atoms with Gasteiger partial charge in [-0.25, -0.2) is 9.59 Å². The van der Waals surface area contributed by atoms with Crippen molar-refractivity contribution in [1.29, 1.82) is 0 Å². The number of aliphatic hydroxyl groups excluding tert-OH is 1. The van der Waals surface area contributed by atoms with Crippen LogP contribution in [0, 0.1) is 11.3 Å². The summed E-state index contributed by atoms with van der Waals surface area (Å²) >= 11 is 0. The fourth-order valence-electron chi connectivity index (χ4n) is 2.20. The van der Waals surface area contributed by atoms with E-state index in [0.717, 1.165) is 0 Å². The summed E-state index contributed by atoms with van der Waals surface area (Å²) in [6, 6.07) is -1.31. The first-order chi connectivity index (χ1) is 8.61.